The molecule has 0 bridgehead atoms. The lowest BCUT2D eigenvalue weighted by Gasteiger charge is -2.21. The van der Waals surface area contributed by atoms with Gasteiger partial charge < -0.3 is 10.0 Å². The summed E-state index contributed by atoms with van der Waals surface area (Å²) in [7, 11) is 0. The summed E-state index contributed by atoms with van der Waals surface area (Å²) in [6.07, 6.45) is 0.996. The number of carbonyl (C=O) groups excluding carboxylic acids is 1. The lowest BCUT2D eigenvalue weighted by Crippen LogP contribution is -2.40. The predicted molar refractivity (Wildman–Crippen MR) is 79.4 cm³/mol. The number of fused-ring (bicyclic) bond motifs is 1. The normalized spacial score (nSPS) is 17.6. The van der Waals surface area contributed by atoms with Gasteiger partial charge in [0, 0.05) is 6.54 Å². The SMILES string of the molecule is Cc1cc(C(=O)N2CCCC2C(=O)O)nc2[nH]c(=O)[nH]c(=O)c12. The highest BCUT2D eigenvalue weighted by molar-refractivity contribution is 5.97. The van der Waals surface area contributed by atoms with Crippen LogP contribution < -0.4 is 11.2 Å². The van der Waals surface area contributed by atoms with Gasteiger partial charge in [-0.15, -0.1) is 0 Å². The van der Waals surface area contributed by atoms with E-state index in [1.807, 2.05) is 0 Å². The van der Waals surface area contributed by atoms with Crippen LogP contribution in [-0.2, 0) is 4.79 Å². The van der Waals surface area contributed by atoms with Gasteiger partial charge in [0.25, 0.3) is 11.5 Å². The van der Waals surface area contributed by atoms with Crippen molar-refractivity contribution in [1.82, 2.24) is 19.9 Å². The second-order valence-electron chi connectivity index (χ2n) is 5.45. The van der Waals surface area contributed by atoms with Gasteiger partial charge in [-0.05, 0) is 31.4 Å². The Morgan fingerprint density at radius 3 is 2.78 bits per heavy atom. The van der Waals surface area contributed by atoms with Gasteiger partial charge in [0.2, 0.25) is 0 Å². The molecule has 0 saturated carbocycles. The van der Waals surface area contributed by atoms with Crippen molar-refractivity contribution in [2.45, 2.75) is 25.8 Å². The fourth-order valence-corrected chi connectivity index (χ4v) is 2.88. The molecule has 0 aromatic carbocycles. The van der Waals surface area contributed by atoms with Crippen molar-refractivity contribution in [2.24, 2.45) is 0 Å². The van der Waals surface area contributed by atoms with E-state index in [0.29, 0.717) is 24.9 Å². The van der Waals surface area contributed by atoms with Crippen LogP contribution in [0.25, 0.3) is 11.0 Å². The van der Waals surface area contributed by atoms with E-state index >= 15 is 0 Å². The van der Waals surface area contributed by atoms with Crippen LogP contribution in [0.15, 0.2) is 15.7 Å². The number of likely N-dealkylation sites (tertiary alicyclic amines) is 1. The minimum atomic E-state index is -1.06. The highest BCUT2D eigenvalue weighted by atomic mass is 16.4. The zero-order chi connectivity index (χ0) is 16.7. The van der Waals surface area contributed by atoms with Gasteiger partial charge in [0.1, 0.15) is 17.4 Å². The van der Waals surface area contributed by atoms with Crippen molar-refractivity contribution in [3.8, 4) is 0 Å². The number of carboxylic acid groups (broad SMARTS) is 1. The van der Waals surface area contributed by atoms with Gasteiger partial charge >= 0.3 is 11.7 Å². The molecule has 0 aliphatic carbocycles. The van der Waals surface area contributed by atoms with E-state index < -0.39 is 29.2 Å². The standard InChI is InChI=1S/C14H14N4O5/c1-6-5-7(12(20)18-4-2-3-8(18)13(21)22)15-10-9(6)11(19)17-14(23)16-10/h5,8H,2-4H2,1H3,(H,21,22)(H2,15,16,17,19,23). The highest BCUT2D eigenvalue weighted by Gasteiger charge is 2.35. The number of aliphatic carboxylic acids is 1. The second kappa shape index (κ2) is 5.34. The minimum absolute atomic E-state index is 0.00407. The number of hydrogen-bond donors (Lipinski definition) is 3. The molecule has 1 aliphatic rings. The molecule has 9 nitrogen and oxygen atoms in total. The number of aromatic amines is 2. The molecular weight excluding hydrogens is 304 g/mol. The Morgan fingerprint density at radius 2 is 2.09 bits per heavy atom. The van der Waals surface area contributed by atoms with Crippen LogP contribution in [0.5, 0.6) is 0 Å². The van der Waals surface area contributed by atoms with Gasteiger partial charge in [-0.25, -0.2) is 14.6 Å². The Morgan fingerprint density at radius 1 is 1.35 bits per heavy atom. The first-order valence-electron chi connectivity index (χ1n) is 7.06. The number of H-pyrrole nitrogens is 2. The summed E-state index contributed by atoms with van der Waals surface area (Å²) in [5, 5.41) is 9.36. The summed E-state index contributed by atoms with van der Waals surface area (Å²) in [6.45, 7) is 1.95. The number of aromatic nitrogens is 3. The van der Waals surface area contributed by atoms with Gasteiger partial charge in [0.05, 0.1) is 5.39 Å². The molecule has 1 fully saturated rings. The number of nitrogens with zero attached hydrogens (tertiary/aromatic N) is 2. The Kier molecular flexibility index (Phi) is 3.47. The van der Waals surface area contributed by atoms with Crippen LogP contribution in [0.2, 0.25) is 0 Å². The Balaban J connectivity index is 2.10. The smallest absolute Gasteiger partial charge is 0.327 e. The van der Waals surface area contributed by atoms with Crippen LogP contribution in [0, 0.1) is 6.92 Å². The number of hydrogen-bond acceptors (Lipinski definition) is 5. The van der Waals surface area contributed by atoms with Crippen LogP contribution in [0.4, 0.5) is 0 Å². The molecule has 0 radical (unpaired) electrons. The third-order valence-corrected chi connectivity index (χ3v) is 3.92. The quantitative estimate of drug-likeness (QED) is 0.690. The maximum absolute atomic E-state index is 12.5. The number of pyridine rings is 1. The molecule has 0 spiro atoms. The van der Waals surface area contributed by atoms with Gasteiger partial charge in [-0.1, -0.05) is 0 Å². The number of nitrogens with one attached hydrogen (secondary N) is 2. The Hall–Kier alpha value is -2.97. The highest BCUT2D eigenvalue weighted by Crippen LogP contribution is 2.21. The largest absolute Gasteiger partial charge is 0.480 e. The van der Waals surface area contributed by atoms with E-state index in [1.54, 1.807) is 6.92 Å². The average Bonchev–Trinajstić information content (AvgIpc) is 2.94. The van der Waals surface area contributed by atoms with E-state index in [2.05, 4.69) is 15.0 Å². The number of carboxylic acids is 1. The summed E-state index contributed by atoms with van der Waals surface area (Å²) in [4.78, 5) is 56.7. The first kappa shape index (κ1) is 14.9. The number of rotatable bonds is 2. The van der Waals surface area contributed by atoms with Gasteiger partial charge in [0.15, 0.2) is 0 Å². The van der Waals surface area contributed by atoms with E-state index in [1.165, 1.54) is 11.0 Å². The van der Waals surface area contributed by atoms with Crippen molar-refractivity contribution in [2.75, 3.05) is 6.54 Å². The number of aryl methyl sites for hydroxylation is 1. The van der Waals surface area contributed by atoms with Crippen LogP contribution in [-0.4, -0.2) is 49.4 Å². The van der Waals surface area contributed by atoms with Crippen molar-refractivity contribution < 1.29 is 14.7 Å². The summed E-state index contributed by atoms with van der Waals surface area (Å²) >= 11 is 0. The number of amides is 1. The monoisotopic (exact) mass is 318 g/mol. The predicted octanol–water partition coefficient (Wildman–Crippen LogP) is -0.391. The third kappa shape index (κ3) is 2.50. The molecule has 1 saturated heterocycles. The number of carbonyl (C=O) groups is 2. The summed E-state index contributed by atoms with van der Waals surface area (Å²) < 4.78 is 0. The summed E-state index contributed by atoms with van der Waals surface area (Å²) in [5.74, 6) is -1.58. The topological polar surface area (TPSA) is 136 Å². The van der Waals surface area contributed by atoms with Gasteiger partial charge in [-0.2, -0.15) is 0 Å². The van der Waals surface area contributed by atoms with Crippen molar-refractivity contribution >= 4 is 22.9 Å². The molecule has 120 valence electrons. The van der Waals surface area contributed by atoms with Crippen molar-refractivity contribution in [3.05, 3.63) is 38.2 Å². The first-order chi connectivity index (χ1) is 10.9. The maximum atomic E-state index is 12.5. The maximum Gasteiger partial charge on any atom is 0.327 e. The molecule has 3 rings (SSSR count). The molecule has 1 amide bonds. The second-order valence-corrected chi connectivity index (χ2v) is 5.45. The molecular formula is C14H14N4O5. The fourth-order valence-electron chi connectivity index (χ4n) is 2.88. The molecule has 2 aromatic heterocycles. The van der Waals surface area contributed by atoms with E-state index in [0.717, 1.165) is 0 Å². The molecule has 23 heavy (non-hydrogen) atoms. The molecule has 2 aromatic rings. The van der Waals surface area contributed by atoms with Crippen molar-refractivity contribution in [3.63, 3.8) is 0 Å². The van der Waals surface area contributed by atoms with Gasteiger partial charge in [-0.3, -0.25) is 19.6 Å². The zero-order valence-electron chi connectivity index (χ0n) is 12.3. The van der Waals surface area contributed by atoms with E-state index in [4.69, 9.17) is 0 Å². The molecule has 1 unspecified atom stereocenters. The molecule has 1 atom stereocenters. The first-order valence-corrected chi connectivity index (χ1v) is 7.06. The van der Waals surface area contributed by atoms with Crippen LogP contribution in [0.3, 0.4) is 0 Å². The summed E-state index contributed by atoms with van der Waals surface area (Å²) in [6, 6.07) is 0.550. The van der Waals surface area contributed by atoms with Crippen LogP contribution >= 0.6 is 0 Å². The van der Waals surface area contributed by atoms with Crippen molar-refractivity contribution in [1.29, 1.82) is 0 Å². The lowest BCUT2D eigenvalue weighted by molar-refractivity contribution is -0.141. The lowest BCUT2D eigenvalue weighted by atomic mass is 10.1. The average molecular weight is 318 g/mol. The Labute approximate surface area is 129 Å². The minimum Gasteiger partial charge on any atom is -0.480 e. The molecule has 3 heterocycles. The van der Waals surface area contributed by atoms with Crippen LogP contribution in [0.1, 0.15) is 28.9 Å². The third-order valence-electron chi connectivity index (χ3n) is 3.92. The summed E-state index contributed by atoms with van der Waals surface area (Å²) in [5.41, 5.74) is -0.819. The zero-order valence-corrected chi connectivity index (χ0v) is 12.3. The fraction of sp³-hybridized carbons (Fsp3) is 0.357. The molecule has 1 aliphatic heterocycles. The molecule has 9 heteroatoms. The molecule has 3 N–H and O–H groups in total. The van der Waals surface area contributed by atoms with E-state index in [-0.39, 0.29) is 16.7 Å². The Bertz CT molecular complexity index is 929. The van der Waals surface area contributed by atoms with E-state index in [9.17, 15) is 24.3 Å².